The number of nitrogens with zero attached hydrogens (tertiary/aromatic N) is 4. The lowest BCUT2D eigenvalue weighted by molar-refractivity contribution is 0.370. The van der Waals surface area contributed by atoms with E-state index in [1.165, 1.54) is 4.57 Å². The summed E-state index contributed by atoms with van der Waals surface area (Å²) in [4.78, 5) is 49.1. The van der Waals surface area contributed by atoms with Gasteiger partial charge in [-0.15, -0.1) is 6.42 Å². The first-order chi connectivity index (χ1) is 16.2. The van der Waals surface area contributed by atoms with Crippen LogP contribution in [0.3, 0.4) is 0 Å². The maximum Gasteiger partial charge on any atom is 0.333 e. The standard InChI is InChI=1S/C23H28BrN4O5P/c1-3-14-28-22(29)20-21(27(23(28)30)15-8-5-9-16-34(31,32)33)25-19(26(20)4-2)13-12-17-10-6-7-11-18(17)24/h1,6-7,10-11H,4-5,8-9,12-16H2,2H3,(H2,31,32,33). The molecule has 0 saturated heterocycles. The average Bonchev–Trinajstić information content (AvgIpc) is 3.15. The van der Waals surface area contributed by atoms with E-state index < -0.39 is 18.8 Å². The van der Waals surface area contributed by atoms with Gasteiger partial charge in [-0.05, 0) is 37.8 Å². The quantitative estimate of drug-likeness (QED) is 0.215. The lowest BCUT2D eigenvalue weighted by atomic mass is 10.1. The molecule has 3 aromatic rings. The van der Waals surface area contributed by atoms with Gasteiger partial charge in [0.25, 0.3) is 5.56 Å². The molecule has 0 radical (unpaired) electrons. The summed E-state index contributed by atoms with van der Waals surface area (Å²) in [6.45, 7) is 2.55. The number of benzene rings is 1. The Kier molecular flexibility index (Phi) is 8.72. The molecular weight excluding hydrogens is 523 g/mol. The second-order valence-electron chi connectivity index (χ2n) is 8.01. The molecule has 2 N–H and O–H groups in total. The Bertz CT molecular complexity index is 1380. The minimum Gasteiger partial charge on any atom is -0.324 e. The fraction of sp³-hybridized carbons (Fsp3) is 0.435. The molecule has 3 rings (SSSR count). The molecule has 1 aromatic carbocycles. The van der Waals surface area contributed by atoms with Crippen molar-refractivity contribution in [2.24, 2.45) is 0 Å². The molecule has 2 aromatic heterocycles. The van der Waals surface area contributed by atoms with E-state index in [4.69, 9.17) is 21.2 Å². The molecule has 0 bridgehead atoms. The van der Waals surface area contributed by atoms with Crippen molar-refractivity contribution in [1.29, 1.82) is 0 Å². The van der Waals surface area contributed by atoms with E-state index in [2.05, 4.69) is 21.9 Å². The minimum absolute atomic E-state index is 0.146. The molecule has 9 nitrogen and oxygen atoms in total. The fourth-order valence-corrected chi connectivity index (χ4v) is 5.13. The SMILES string of the molecule is C#CCn1c(=O)c2c(nc(CCc3ccccc3Br)n2CC)n(CCCCCP(=O)(O)O)c1=O. The van der Waals surface area contributed by atoms with Gasteiger partial charge in [-0.1, -0.05) is 46.5 Å². The number of aromatic nitrogens is 4. The largest absolute Gasteiger partial charge is 0.333 e. The second kappa shape index (κ2) is 11.3. The highest BCUT2D eigenvalue weighted by Gasteiger charge is 2.21. The van der Waals surface area contributed by atoms with E-state index in [-0.39, 0.29) is 19.3 Å². The van der Waals surface area contributed by atoms with Gasteiger partial charge in [0.15, 0.2) is 11.2 Å². The zero-order valence-corrected chi connectivity index (χ0v) is 21.5. The normalized spacial score (nSPS) is 11.7. The molecule has 0 aliphatic carbocycles. The van der Waals surface area contributed by atoms with Crippen LogP contribution in [0.4, 0.5) is 0 Å². The van der Waals surface area contributed by atoms with Gasteiger partial charge in [0.05, 0.1) is 6.54 Å². The second-order valence-corrected chi connectivity index (χ2v) is 10.6. The summed E-state index contributed by atoms with van der Waals surface area (Å²) < 4.78 is 16.4. The van der Waals surface area contributed by atoms with Gasteiger partial charge in [-0.3, -0.25) is 13.9 Å². The number of aryl methyl sites for hydroxylation is 4. The maximum atomic E-state index is 13.2. The number of hydrogen-bond donors (Lipinski definition) is 2. The zero-order chi connectivity index (χ0) is 24.9. The van der Waals surface area contributed by atoms with Gasteiger partial charge in [0.2, 0.25) is 0 Å². The van der Waals surface area contributed by atoms with Crippen LogP contribution in [-0.2, 0) is 37.0 Å². The monoisotopic (exact) mass is 550 g/mol. The zero-order valence-electron chi connectivity index (χ0n) is 19.0. The van der Waals surface area contributed by atoms with Crippen LogP contribution in [0.15, 0.2) is 38.3 Å². The van der Waals surface area contributed by atoms with Crippen LogP contribution >= 0.6 is 23.5 Å². The summed E-state index contributed by atoms with van der Waals surface area (Å²) in [6.07, 6.45) is 7.88. The molecule has 2 heterocycles. The van der Waals surface area contributed by atoms with Crippen molar-refractivity contribution in [2.75, 3.05) is 6.16 Å². The number of imidazole rings is 1. The van der Waals surface area contributed by atoms with E-state index in [0.29, 0.717) is 55.6 Å². The van der Waals surface area contributed by atoms with Gasteiger partial charge in [0, 0.05) is 30.1 Å². The van der Waals surface area contributed by atoms with Crippen LogP contribution in [0.2, 0.25) is 0 Å². The summed E-state index contributed by atoms with van der Waals surface area (Å²) >= 11 is 3.56. The number of fused-ring (bicyclic) bond motifs is 1. The third-order valence-corrected chi connectivity index (χ3v) is 7.34. The predicted octanol–water partition coefficient (Wildman–Crippen LogP) is 2.91. The van der Waals surface area contributed by atoms with Crippen LogP contribution in [0.25, 0.3) is 11.2 Å². The first-order valence-corrected chi connectivity index (χ1v) is 13.7. The summed E-state index contributed by atoms with van der Waals surface area (Å²) in [5, 5.41) is 0. The molecule has 0 saturated carbocycles. The Balaban J connectivity index is 2.00. The Morgan fingerprint density at radius 1 is 1.09 bits per heavy atom. The molecule has 0 atom stereocenters. The first-order valence-electron chi connectivity index (χ1n) is 11.1. The van der Waals surface area contributed by atoms with Crippen LogP contribution in [0, 0.1) is 12.3 Å². The minimum atomic E-state index is -4.05. The first kappa shape index (κ1) is 26.2. The summed E-state index contributed by atoms with van der Waals surface area (Å²) in [5.41, 5.74) is 0.794. The predicted molar refractivity (Wildman–Crippen MR) is 135 cm³/mol. The highest BCUT2D eigenvalue weighted by molar-refractivity contribution is 9.10. The van der Waals surface area contributed by atoms with Gasteiger partial charge >= 0.3 is 13.3 Å². The lowest BCUT2D eigenvalue weighted by Gasteiger charge is -2.11. The number of halogens is 1. The molecule has 0 spiro atoms. The van der Waals surface area contributed by atoms with Crippen LogP contribution < -0.4 is 11.2 Å². The highest BCUT2D eigenvalue weighted by atomic mass is 79.9. The smallest absolute Gasteiger partial charge is 0.324 e. The molecule has 34 heavy (non-hydrogen) atoms. The summed E-state index contributed by atoms with van der Waals surface area (Å²) in [6, 6.07) is 7.91. The molecular formula is C23H28BrN4O5P. The van der Waals surface area contributed by atoms with Crippen molar-refractivity contribution in [1.82, 2.24) is 18.7 Å². The third kappa shape index (κ3) is 5.97. The Morgan fingerprint density at radius 2 is 1.82 bits per heavy atom. The molecule has 0 unspecified atom stereocenters. The number of unbranched alkanes of at least 4 members (excludes halogenated alkanes) is 2. The molecule has 0 amide bonds. The lowest BCUT2D eigenvalue weighted by Crippen LogP contribution is -2.40. The van der Waals surface area contributed by atoms with E-state index in [1.54, 1.807) is 0 Å². The van der Waals surface area contributed by atoms with E-state index >= 15 is 0 Å². The molecule has 0 aliphatic heterocycles. The molecule has 11 heteroatoms. The van der Waals surface area contributed by atoms with Crippen molar-refractivity contribution in [3.05, 3.63) is 61.0 Å². The van der Waals surface area contributed by atoms with E-state index in [9.17, 15) is 14.2 Å². The van der Waals surface area contributed by atoms with Gasteiger partial charge in [-0.25, -0.2) is 14.3 Å². The number of rotatable bonds is 11. The topological polar surface area (TPSA) is 119 Å². The van der Waals surface area contributed by atoms with Crippen LogP contribution in [0.1, 0.15) is 37.6 Å². The summed E-state index contributed by atoms with van der Waals surface area (Å²) in [5.74, 6) is 3.08. The van der Waals surface area contributed by atoms with Crippen LogP contribution in [-0.4, -0.2) is 34.6 Å². The van der Waals surface area contributed by atoms with Crippen molar-refractivity contribution in [3.63, 3.8) is 0 Å². The van der Waals surface area contributed by atoms with Crippen LogP contribution in [0.5, 0.6) is 0 Å². The molecule has 0 aliphatic rings. The van der Waals surface area contributed by atoms with Crippen molar-refractivity contribution < 1.29 is 14.4 Å². The van der Waals surface area contributed by atoms with Gasteiger partial charge < -0.3 is 14.4 Å². The van der Waals surface area contributed by atoms with E-state index in [1.807, 2.05) is 35.8 Å². The van der Waals surface area contributed by atoms with Crippen molar-refractivity contribution in [3.8, 4) is 12.3 Å². The Labute approximate surface area is 205 Å². The Morgan fingerprint density at radius 3 is 2.47 bits per heavy atom. The van der Waals surface area contributed by atoms with Gasteiger partial charge in [-0.2, -0.15) is 0 Å². The number of hydrogen-bond acceptors (Lipinski definition) is 4. The molecule has 182 valence electrons. The Hall–Kier alpha value is -2.44. The van der Waals surface area contributed by atoms with E-state index in [0.717, 1.165) is 14.6 Å². The number of terminal acetylenes is 1. The molecule has 0 fully saturated rings. The van der Waals surface area contributed by atoms with Crippen molar-refractivity contribution in [2.45, 2.75) is 58.7 Å². The fourth-order valence-electron chi connectivity index (χ4n) is 4.01. The van der Waals surface area contributed by atoms with Crippen molar-refractivity contribution >= 4 is 34.7 Å². The third-order valence-electron chi connectivity index (χ3n) is 5.67. The van der Waals surface area contributed by atoms with Gasteiger partial charge in [0.1, 0.15) is 5.82 Å². The average molecular weight is 551 g/mol. The summed E-state index contributed by atoms with van der Waals surface area (Å²) in [7, 11) is -4.05. The maximum absolute atomic E-state index is 13.2. The highest BCUT2D eigenvalue weighted by Crippen LogP contribution is 2.35.